The molecule has 0 atom stereocenters. The first kappa shape index (κ1) is 15.9. The van der Waals surface area contributed by atoms with E-state index in [1.54, 1.807) is 5.51 Å². The molecule has 4 rings (SSSR count). The van der Waals surface area contributed by atoms with Crippen LogP contribution in [0.25, 0.3) is 0 Å². The smallest absolute Gasteiger partial charge is 0.231 e. The fourth-order valence-electron chi connectivity index (χ4n) is 3.21. The van der Waals surface area contributed by atoms with Gasteiger partial charge in [0.05, 0.1) is 12.0 Å². The predicted octanol–water partition coefficient (Wildman–Crippen LogP) is 3.20. The van der Waals surface area contributed by atoms with Gasteiger partial charge in [0.2, 0.25) is 11.0 Å². The second-order valence-corrected chi connectivity index (χ2v) is 6.94. The molecule has 25 heavy (non-hydrogen) atoms. The third-order valence-electron chi connectivity index (χ3n) is 4.47. The lowest BCUT2D eigenvalue weighted by Gasteiger charge is -2.43. The average molecular weight is 350 g/mol. The van der Waals surface area contributed by atoms with Crippen LogP contribution in [0.1, 0.15) is 17.2 Å². The lowest BCUT2D eigenvalue weighted by Crippen LogP contribution is -2.53. The predicted molar refractivity (Wildman–Crippen MR) is 98.3 cm³/mol. The van der Waals surface area contributed by atoms with Crippen molar-refractivity contribution in [3.8, 4) is 0 Å². The third-order valence-corrected chi connectivity index (χ3v) is 5.07. The van der Waals surface area contributed by atoms with Crippen molar-refractivity contribution in [1.82, 2.24) is 15.1 Å². The molecule has 1 fully saturated rings. The quantitative estimate of drug-likeness (QED) is 0.768. The number of nitrogens with zero attached hydrogens (tertiary/aromatic N) is 3. The zero-order valence-electron chi connectivity index (χ0n) is 13.6. The van der Waals surface area contributed by atoms with E-state index in [4.69, 9.17) is 0 Å². The molecule has 126 valence electrons. The normalized spacial score (nSPS) is 15.1. The van der Waals surface area contributed by atoms with E-state index in [2.05, 4.69) is 68.9 Å². The van der Waals surface area contributed by atoms with Gasteiger partial charge in [0.15, 0.2) is 0 Å². The van der Waals surface area contributed by atoms with Gasteiger partial charge in [-0.2, -0.15) is 0 Å². The number of carbonyl (C=O) groups excluding carboxylic acids is 1. The highest BCUT2D eigenvalue weighted by molar-refractivity contribution is 7.13. The van der Waals surface area contributed by atoms with Crippen LogP contribution in [0.4, 0.5) is 5.13 Å². The molecule has 1 aliphatic heterocycles. The van der Waals surface area contributed by atoms with Gasteiger partial charge in [-0.25, -0.2) is 0 Å². The van der Waals surface area contributed by atoms with Crippen LogP contribution in [0.2, 0.25) is 0 Å². The van der Waals surface area contributed by atoms with E-state index in [0.717, 1.165) is 13.1 Å². The van der Waals surface area contributed by atoms with E-state index in [1.165, 1.54) is 22.5 Å². The number of hydrogen-bond acceptors (Lipinski definition) is 5. The van der Waals surface area contributed by atoms with Crippen LogP contribution in [-0.2, 0) is 4.79 Å². The third kappa shape index (κ3) is 3.45. The highest BCUT2D eigenvalue weighted by Gasteiger charge is 2.38. The van der Waals surface area contributed by atoms with Crippen molar-refractivity contribution in [3.05, 3.63) is 77.3 Å². The number of anilines is 1. The van der Waals surface area contributed by atoms with E-state index < -0.39 is 0 Å². The minimum absolute atomic E-state index is 0.0150. The van der Waals surface area contributed by atoms with Crippen molar-refractivity contribution in [2.24, 2.45) is 5.92 Å². The van der Waals surface area contributed by atoms with Gasteiger partial charge in [0.1, 0.15) is 5.51 Å². The summed E-state index contributed by atoms with van der Waals surface area (Å²) in [5.74, 6) is 0.00620. The van der Waals surface area contributed by atoms with Crippen LogP contribution < -0.4 is 5.32 Å². The Balaban J connectivity index is 1.48. The lowest BCUT2D eigenvalue weighted by molar-refractivity contribution is -0.125. The number of amides is 1. The second kappa shape index (κ2) is 7.13. The molecule has 0 unspecified atom stereocenters. The topological polar surface area (TPSA) is 58.1 Å². The maximum atomic E-state index is 12.3. The van der Waals surface area contributed by atoms with Crippen molar-refractivity contribution >= 4 is 22.4 Å². The van der Waals surface area contributed by atoms with Gasteiger partial charge in [0.25, 0.3) is 0 Å². The Labute approximate surface area is 150 Å². The Morgan fingerprint density at radius 1 is 1.04 bits per heavy atom. The summed E-state index contributed by atoms with van der Waals surface area (Å²) >= 11 is 1.34. The molecule has 0 radical (unpaired) electrons. The SMILES string of the molecule is O=C(Nc1nncs1)C1CN(C(c2ccccc2)c2ccccc2)C1. The van der Waals surface area contributed by atoms with Crippen LogP contribution in [0.5, 0.6) is 0 Å². The summed E-state index contributed by atoms with van der Waals surface area (Å²) < 4.78 is 0. The molecule has 0 saturated carbocycles. The number of nitrogens with one attached hydrogen (secondary N) is 1. The molecule has 3 aromatic rings. The largest absolute Gasteiger partial charge is 0.300 e. The van der Waals surface area contributed by atoms with Crippen molar-refractivity contribution in [1.29, 1.82) is 0 Å². The Hall–Kier alpha value is -2.57. The van der Waals surface area contributed by atoms with Gasteiger partial charge in [-0.3, -0.25) is 9.69 Å². The standard InChI is InChI=1S/C19H18N4OS/c24-18(21-19-22-20-13-25-19)16-11-23(12-16)17(14-7-3-1-4-8-14)15-9-5-2-6-10-15/h1-10,13,16-17H,11-12H2,(H,21,22,24). The summed E-state index contributed by atoms with van der Waals surface area (Å²) in [6.07, 6.45) is 0. The minimum atomic E-state index is -0.0150. The van der Waals surface area contributed by atoms with E-state index in [1.807, 2.05) is 12.1 Å². The molecule has 0 spiro atoms. The van der Waals surface area contributed by atoms with Gasteiger partial charge in [-0.05, 0) is 11.1 Å². The van der Waals surface area contributed by atoms with Gasteiger partial charge in [-0.1, -0.05) is 72.0 Å². The van der Waals surface area contributed by atoms with Crippen molar-refractivity contribution in [3.63, 3.8) is 0 Å². The molecule has 2 heterocycles. The van der Waals surface area contributed by atoms with E-state index in [-0.39, 0.29) is 17.9 Å². The van der Waals surface area contributed by atoms with E-state index in [0.29, 0.717) is 5.13 Å². The fraction of sp³-hybridized carbons (Fsp3) is 0.211. The van der Waals surface area contributed by atoms with Crippen LogP contribution >= 0.6 is 11.3 Å². The highest BCUT2D eigenvalue weighted by atomic mass is 32.1. The van der Waals surface area contributed by atoms with Gasteiger partial charge in [0, 0.05) is 13.1 Å². The molecule has 6 heteroatoms. The number of aromatic nitrogens is 2. The van der Waals surface area contributed by atoms with Crippen molar-refractivity contribution < 1.29 is 4.79 Å². The summed E-state index contributed by atoms with van der Waals surface area (Å²) in [6.45, 7) is 1.47. The van der Waals surface area contributed by atoms with Gasteiger partial charge < -0.3 is 5.32 Å². The second-order valence-electron chi connectivity index (χ2n) is 6.11. The summed E-state index contributed by atoms with van der Waals surface area (Å²) in [4.78, 5) is 14.7. The molecule has 1 saturated heterocycles. The van der Waals surface area contributed by atoms with E-state index in [9.17, 15) is 4.79 Å². The molecular weight excluding hydrogens is 332 g/mol. The maximum Gasteiger partial charge on any atom is 0.231 e. The molecule has 1 amide bonds. The molecule has 5 nitrogen and oxygen atoms in total. The number of rotatable bonds is 5. The lowest BCUT2D eigenvalue weighted by atomic mass is 9.90. The molecular formula is C19H18N4OS. The Morgan fingerprint density at radius 2 is 1.64 bits per heavy atom. The number of hydrogen-bond donors (Lipinski definition) is 1. The monoisotopic (exact) mass is 350 g/mol. The summed E-state index contributed by atoms with van der Waals surface area (Å²) in [5.41, 5.74) is 4.11. The number of likely N-dealkylation sites (tertiary alicyclic amines) is 1. The molecule has 1 aliphatic rings. The van der Waals surface area contributed by atoms with Gasteiger partial charge >= 0.3 is 0 Å². The Morgan fingerprint density at radius 3 is 2.16 bits per heavy atom. The summed E-state index contributed by atoms with van der Waals surface area (Å²) in [7, 11) is 0. The Bertz CT molecular complexity index is 778. The maximum absolute atomic E-state index is 12.3. The molecule has 2 aromatic carbocycles. The van der Waals surface area contributed by atoms with Crippen molar-refractivity contribution in [2.45, 2.75) is 6.04 Å². The first-order chi connectivity index (χ1) is 12.3. The summed E-state index contributed by atoms with van der Waals surface area (Å²) in [6, 6.07) is 21.1. The number of benzene rings is 2. The fourth-order valence-corrected chi connectivity index (χ4v) is 3.66. The van der Waals surface area contributed by atoms with Crippen LogP contribution in [0, 0.1) is 5.92 Å². The molecule has 0 aliphatic carbocycles. The molecule has 1 N–H and O–H groups in total. The highest BCUT2D eigenvalue weighted by Crippen LogP contribution is 2.34. The summed E-state index contributed by atoms with van der Waals surface area (Å²) in [5, 5.41) is 11.0. The zero-order chi connectivity index (χ0) is 17.1. The van der Waals surface area contributed by atoms with Gasteiger partial charge in [-0.15, -0.1) is 10.2 Å². The van der Waals surface area contributed by atoms with Crippen molar-refractivity contribution in [2.75, 3.05) is 18.4 Å². The first-order valence-electron chi connectivity index (χ1n) is 8.22. The Kier molecular flexibility index (Phi) is 4.54. The van der Waals surface area contributed by atoms with Crippen LogP contribution in [0.15, 0.2) is 66.2 Å². The minimum Gasteiger partial charge on any atom is -0.300 e. The van der Waals surface area contributed by atoms with Crippen LogP contribution in [0.3, 0.4) is 0 Å². The number of carbonyl (C=O) groups is 1. The molecule has 0 bridgehead atoms. The first-order valence-corrected chi connectivity index (χ1v) is 9.10. The zero-order valence-corrected chi connectivity index (χ0v) is 14.4. The van der Waals surface area contributed by atoms with E-state index >= 15 is 0 Å². The molecule has 1 aromatic heterocycles. The van der Waals surface area contributed by atoms with Crippen LogP contribution in [-0.4, -0.2) is 34.1 Å². The average Bonchev–Trinajstić information content (AvgIpc) is 3.12.